The summed E-state index contributed by atoms with van der Waals surface area (Å²) in [5.41, 5.74) is 6.56. The number of carbonyl (C=O) groups is 1. The van der Waals surface area contributed by atoms with Crippen LogP contribution in [-0.2, 0) is 4.74 Å². The van der Waals surface area contributed by atoms with Crippen molar-refractivity contribution >= 4 is 24.3 Å². The molecule has 0 amide bonds. The third-order valence-electron chi connectivity index (χ3n) is 1.54. The predicted octanol–water partition coefficient (Wildman–Crippen LogP) is 1.73. The van der Waals surface area contributed by atoms with Crippen molar-refractivity contribution in [3.63, 3.8) is 0 Å². The van der Waals surface area contributed by atoms with E-state index in [0.29, 0.717) is 22.8 Å². The normalized spacial score (nSPS) is 9.69. The number of nitrogens with two attached hydrogens (primary N) is 1. The molecule has 3 nitrogen and oxygen atoms in total. The number of hydrogen-bond acceptors (Lipinski definition) is 4. The number of rotatable bonds is 2. The number of ether oxygens (including phenoxy) is 1. The monoisotopic (exact) mass is 197 g/mol. The fourth-order valence-electron chi connectivity index (χ4n) is 0.885. The average molecular weight is 197 g/mol. The topological polar surface area (TPSA) is 52.3 Å². The van der Waals surface area contributed by atoms with E-state index in [1.807, 2.05) is 0 Å². The summed E-state index contributed by atoms with van der Waals surface area (Å²) < 4.78 is 4.81. The van der Waals surface area contributed by atoms with Crippen LogP contribution < -0.4 is 5.73 Å². The molecule has 1 aromatic rings. The molecule has 0 saturated carbocycles. The molecule has 0 bridgehead atoms. The predicted molar refractivity (Wildman–Crippen MR) is 54.1 cm³/mol. The third-order valence-corrected chi connectivity index (χ3v) is 1.93. The quantitative estimate of drug-likeness (QED) is 0.431. The van der Waals surface area contributed by atoms with Gasteiger partial charge in [-0.15, -0.1) is 12.6 Å². The fourth-order valence-corrected chi connectivity index (χ4v) is 1.10. The minimum absolute atomic E-state index is 0.349. The molecule has 70 valence electrons. The van der Waals surface area contributed by atoms with Gasteiger partial charge < -0.3 is 10.5 Å². The maximum absolute atomic E-state index is 11.2. The summed E-state index contributed by atoms with van der Waals surface area (Å²) in [7, 11) is 0. The van der Waals surface area contributed by atoms with Gasteiger partial charge in [-0.05, 0) is 25.1 Å². The molecule has 0 aliphatic heterocycles. The summed E-state index contributed by atoms with van der Waals surface area (Å²) in [5.74, 6) is -0.349. The number of carbonyl (C=O) groups excluding carboxylic acids is 1. The first kappa shape index (κ1) is 9.92. The standard InChI is InChI=1S/C9H11NO2S/c1-2-12-9(11)6-3-4-7(10)8(13)5-6/h3-5,13H,2,10H2,1H3. The van der Waals surface area contributed by atoms with Gasteiger partial charge in [0.05, 0.1) is 12.2 Å². The van der Waals surface area contributed by atoms with Crippen molar-refractivity contribution in [2.24, 2.45) is 0 Å². The highest BCUT2D eigenvalue weighted by Crippen LogP contribution is 2.18. The molecule has 1 rings (SSSR count). The number of hydrogen-bond donors (Lipinski definition) is 2. The van der Waals surface area contributed by atoms with Crippen LogP contribution >= 0.6 is 12.6 Å². The van der Waals surface area contributed by atoms with Gasteiger partial charge in [0.2, 0.25) is 0 Å². The van der Waals surface area contributed by atoms with Gasteiger partial charge in [0.25, 0.3) is 0 Å². The van der Waals surface area contributed by atoms with E-state index >= 15 is 0 Å². The lowest BCUT2D eigenvalue weighted by Gasteiger charge is -2.03. The summed E-state index contributed by atoms with van der Waals surface area (Å²) in [6.45, 7) is 2.13. The number of esters is 1. The maximum Gasteiger partial charge on any atom is 0.338 e. The highest BCUT2D eigenvalue weighted by molar-refractivity contribution is 7.80. The Hall–Kier alpha value is -1.16. The molecule has 13 heavy (non-hydrogen) atoms. The molecule has 1 aromatic carbocycles. The van der Waals surface area contributed by atoms with Gasteiger partial charge in [-0.3, -0.25) is 0 Å². The van der Waals surface area contributed by atoms with Crippen molar-refractivity contribution in [1.82, 2.24) is 0 Å². The van der Waals surface area contributed by atoms with Gasteiger partial charge in [0.15, 0.2) is 0 Å². The van der Waals surface area contributed by atoms with E-state index < -0.39 is 0 Å². The van der Waals surface area contributed by atoms with Gasteiger partial charge in [-0.2, -0.15) is 0 Å². The molecule has 0 heterocycles. The number of anilines is 1. The molecule has 0 atom stereocenters. The highest BCUT2D eigenvalue weighted by Gasteiger charge is 2.06. The molecule has 2 N–H and O–H groups in total. The van der Waals surface area contributed by atoms with E-state index in [2.05, 4.69) is 12.6 Å². The van der Waals surface area contributed by atoms with Crippen molar-refractivity contribution in [1.29, 1.82) is 0 Å². The van der Waals surface area contributed by atoms with Crippen LogP contribution in [0.2, 0.25) is 0 Å². The Morgan fingerprint density at radius 2 is 2.31 bits per heavy atom. The Bertz CT molecular complexity index is 325. The average Bonchev–Trinajstić information content (AvgIpc) is 2.10. The van der Waals surface area contributed by atoms with E-state index in [1.54, 1.807) is 25.1 Å². The van der Waals surface area contributed by atoms with E-state index in [4.69, 9.17) is 10.5 Å². The molecule has 0 aromatic heterocycles. The van der Waals surface area contributed by atoms with Crippen LogP contribution in [0.15, 0.2) is 23.1 Å². The summed E-state index contributed by atoms with van der Waals surface area (Å²) in [4.78, 5) is 11.8. The molecular weight excluding hydrogens is 186 g/mol. The Morgan fingerprint density at radius 3 is 2.85 bits per heavy atom. The van der Waals surface area contributed by atoms with Crippen molar-refractivity contribution < 1.29 is 9.53 Å². The lowest BCUT2D eigenvalue weighted by molar-refractivity contribution is 0.0526. The first-order valence-corrected chi connectivity index (χ1v) is 4.35. The molecule has 0 saturated heterocycles. The van der Waals surface area contributed by atoms with Gasteiger partial charge in [0.1, 0.15) is 0 Å². The molecule has 0 spiro atoms. The zero-order valence-electron chi connectivity index (χ0n) is 7.28. The minimum Gasteiger partial charge on any atom is -0.462 e. The molecule has 0 aliphatic carbocycles. The van der Waals surface area contributed by atoms with Gasteiger partial charge in [-0.25, -0.2) is 4.79 Å². The Morgan fingerprint density at radius 1 is 1.62 bits per heavy atom. The smallest absolute Gasteiger partial charge is 0.338 e. The van der Waals surface area contributed by atoms with Gasteiger partial charge >= 0.3 is 5.97 Å². The van der Waals surface area contributed by atoms with E-state index in [0.717, 1.165) is 0 Å². The Labute approximate surface area is 82.3 Å². The maximum atomic E-state index is 11.2. The minimum atomic E-state index is -0.349. The second-order valence-corrected chi connectivity index (χ2v) is 2.98. The summed E-state index contributed by atoms with van der Waals surface area (Å²) in [6.07, 6.45) is 0. The van der Waals surface area contributed by atoms with Gasteiger partial charge in [0, 0.05) is 10.6 Å². The molecule has 4 heteroatoms. The largest absolute Gasteiger partial charge is 0.462 e. The number of thiol groups is 1. The zero-order valence-corrected chi connectivity index (χ0v) is 8.17. The second kappa shape index (κ2) is 4.18. The van der Waals surface area contributed by atoms with Crippen LogP contribution in [0.1, 0.15) is 17.3 Å². The van der Waals surface area contributed by atoms with Crippen molar-refractivity contribution in [2.75, 3.05) is 12.3 Å². The molecule has 0 radical (unpaired) electrons. The SMILES string of the molecule is CCOC(=O)c1ccc(N)c(S)c1. The molecular formula is C9H11NO2S. The molecule has 0 unspecified atom stereocenters. The summed E-state index contributed by atoms with van der Waals surface area (Å²) in [6, 6.07) is 4.85. The number of nitrogen functional groups attached to an aromatic ring is 1. The lowest BCUT2D eigenvalue weighted by Crippen LogP contribution is -2.04. The molecule has 0 aliphatic rings. The van der Waals surface area contributed by atoms with Gasteiger partial charge in [-0.1, -0.05) is 0 Å². The third kappa shape index (κ3) is 2.39. The lowest BCUT2D eigenvalue weighted by atomic mass is 10.2. The van der Waals surface area contributed by atoms with E-state index in [-0.39, 0.29) is 5.97 Å². The fraction of sp³-hybridized carbons (Fsp3) is 0.222. The first-order valence-electron chi connectivity index (χ1n) is 3.90. The van der Waals surface area contributed by atoms with Crippen LogP contribution in [0.4, 0.5) is 5.69 Å². The Balaban J connectivity index is 2.90. The van der Waals surface area contributed by atoms with E-state index in [9.17, 15) is 4.79 Å². The summed E-state index contributed by atoms with van der Waals surface area (Å²) >= 11 is 4.10. The van der Waals surface area contributed by atoms with Crippen molar-refractivity contribution in [3.05, 3.63) is 23.8 Å². The summed E-state index contributed by atoms with van der Waals surface area (Å²) in [5, 5.41) is 0. The van der Waals surface area contributed by atoms with Crippen molar-refractivity contribution in [2.45, 2.75) is 11.8 Å². The van der Waals surface area contributed by atoms with Crippen LogP contribution in [0.5, 0.6) is 0 Å². The number of benzene rings is 1. The van der Waals surface area contributed by atoms with Crippen LogP contribution in [0.3, 0.4) is 0 Å². The first-order chi connectivity index (χ1) is 6.15. The Kier molecular flexibility index (Phi) is 3.19. The second-order valence-electron chi connectivity index (χ2n) is 2.49. The van der Waals surface area contributed by atoms with Crippen LogP contribution in [-0.4, -0.2) is 12.6 Å². The molecule has 0 fully saturated rings. The van der Waals surface area contributed by atoms with Crippen LogP contribution in [0.25, 0.3) is 0 Å². The van der Waals surface area contributed by atoms with E-state index in [1.165, 1.54) is 0 Å². The highest BCUT2D eigenvalue weighted by atomic mass is 32.1. The zero-order chi connectivity index (χ0) is 9.84. The van der Waals surface area contributed by atoms with Crippen molar-refractivity contribution in [3.8, 4) is 0 Å². The van der Waals surface area contributed by atoms with Crippen LogP contribution in [0, 0.1) is 0 Å².